The van der Waals surface area contributed by atoms with Gasteiger partial charge < -0.3 is 19.7 Å². The molecule has 1 N–H and O–H groups in total. The molecule has 2 unspecified atom stereocenters. The average Bonchev–Trinajstić information content (AvgIpc) is 3.15. The standard InChI is InChI=1S/C20H29ClN4O2S.HI/c1-6-22-20(23-11-18(27-5)15-8-7-9-16(21)10-15)25(3)12-17-13-28-19(24-17)14(2)26-4;/h7-10,13-14,18H,6,11-12H2,1-5H3,(H,22,23);1H. The molecule has 0 amide bonds. The molecule has 0 aliphatic heterocycles. The van der Waals surface area contributed by atoms with Crippen LogP contribution in [0.5, 0.6) is 0 Å². The number of nitrogens with one attached hydrogen (secondary N) is 1. The molecule has 1 heterocycles. The number of methoxy groups -OCH3 is 2. The molecule has 0 saturated heterocycles. The van der Waals surface area contributed by atoms with Crippen LogP contribution in [0.1, 0.15) is 42.3 Å². The van der Waals surface area contributed by atoms with Crippen LogP contribution in [0.4, 0.5) is 0 Å². The van der Waals surface area contributed by atoms with Crippen LogP contribution in [-0.4, -0.2) is 50.2 Å². The van der Waals surface area contributed by atoms with Gasteiger partial charge >= 0.3 is 0 Å². The Kier molecular flexibility index (Phi) is 12.0. The SMILES string of the molecule is CCNC(=NCC(OC)c1cccc(Cl)c1)N(C)Cc1csc(C(C)OC)n1.I. The number of rotatable bonds is 9. The number of nitrogens with zero attached hydrogens (tertiary/aromatic N) is 3. The number of halogens is 2. The lowest BCUT2D eigenvalue weighted by Gasteiger charge is -2.22. The highest BCUT2D eigenvalue weighted by molar-refractivity contribution is 14.0. The van der Waals surface area contributed by atoms with E-state index in [1.165, 1.54) is 0 Å². The van der Waals surface area contributed by atoms with Gasteiger partial charge in [-0.3, -0.25) is 4.99 Å². The van der Waals surface area contributed by atoms with Crippen LogP contribution < -0.4 is 5.32 Å². The van der Waals surface area contributed by atoms with Crippen molar-refractivity contribution in [2.75, 3.05) is 34.4 Å². The van der Waals surface area contributed by atoms with E-state index in [0.717, 1.165) is 28.8 Å². The van der Waals surface area contributed by atoms with Crippen molar-refractivity contribution < 1.29 is 9.47 Å². The van der Waals surface area contributed by atoms with Gasteiger partial charge in [0.2, 0.25) is 0 Å². The van der Waals surface area contributed by atoms with Crippen molar-refractivity contribution in [3.8, 4) is 0 Å². The Balaban J connectivity index is 0.00000420. The Bertz CT molecular complexity index is 774. The van der Waals surface area contributed by atoms with E-state index >= 15 is 0 Å². The topological polar surface area (TPSA) is 59.0 Å². The van der Waals surface area contributed by atoms with E-state index in [1.54, 1.807) is 25.6 Å². The number of ether oxygens (including phenoxy) is 2. The Labute approximate surface area is 199 Å². The van der Waals surface area contributed by atoms with Gasteiger partial charge in [-0.25, -0.2) is 4.98 Å². The van der Waals surface area contributed by atoms with Crippen LogP contribution in [0.2, 0.25) is 5.02 Å². The summed E-state index contributed by atoms with van der Waals surface area (Å²) in [4.78, 5) is 11.5. The molecular weight excluding hydrogens is 523 g/mol. The van der Waals surface area contributed by atoms with Crippen molar-refractivity contribution in [2.24, 2.45) is 4.99 Å². The highest BCUT2D eigenvalue weighted by Gasteiger charge is 2.15. The normalized spacial score (nSPS) is 13.5. The summed E-state index contributed by atoms with van der Waals surface area (Å²) in [6.07, 6.45) is -0.152. The first-order valence-electron chi connectivity index (χ1n) is 9.23. The largest absolute Gasteiger partial charge is 0.375 e. The van der Waals surface area contributed by atoms with Gasteiger partial charge in [-0.15, -0.1) is 35.3 Å². The number of aliphatic imine (C=N–C) groups is 1. The zero-order valence-corrected chi connectivity index (χ0v) is 21.4. The molecule has 0 fully saturated rings. The first-order valence-corrected chi connectivity index (χ1v) is 10.5. The molecule has 0 spiro atoms. The lowest BCUT2D eigenvalue weighted by molar-refractivity contribution is 0.110. The first kappa shape index (κ1) is 26.1. The van der Waals surface area contributed by atoms with Crippen LogP contribution in [0.15, 0.2) is 34.6 Å². The zero-order valence-electron chi connectivity index (χ0n) is 17.5. The molecule has 29 heavy (non-hydrogen) atoms. The fourth-order valence-corrected chi connectivity index (χ4v) is 3.70. The molecule has 6 nitrogen and oxygen atoms in total. The molecule has 2 aromatic rings. The van der Waals surface area contributed by atoms with E-state index in [4.69, 9.17) is 26.1 Å². The summed E-state index contributed by atoms with van der Waals surface area (Å²) in [7, 11) is 5.38. The second-order valence-corrected chi connectivity index (χ2v) is 7.71. The molecule has 0 bridgehead atoms. The minimum Gasteiger partial charge on any atom is -0.375 e. The number of benzene rings is 1. The van der Waals surface area contributed by atoms with E-state index in [0.29, 0.717) is 18.1 Å². The monoisotopic (exact) mass is 552 g/mol. The van der Waals surface area contributed by atoms with Crippen molar-refractivity contribution in [1.82, 2.24) is 15.2 Å². The second-order valence-electron chi connectivity index (χ2n) is 6.39. The van der Waals surface area contributed by atoms with E-state index in [-0.39, 0.29) is 36.2 Å². The molecule has 0 aliphatic carbocycles. The highest BCUT2D eigenvalue weighted by atomic mass is 127. The van der Waals surface area contributed by atoms with E-state index in [2.05, 4.69) is 27.5 Å². The third-order valence-corrected chi connectivity index (χ3v) is 5.57. The summed E-state index contributed by atoms with van der Waals surface area (Å²) in [5, 5.41) is 7.07. The Hall–Kier alpha value is -0.940. The predicted molar refractivity (Wildman–Crippen MR) is 132 cm³/mol. The third kappa shape index (κ3) is 8.01. The molecule has 0 aliphatic rings. The minimum absolute atomic E-state index is 0. The van der Waals surface area contributed by atoms with Gasteiger partial charge in [0.25, 0.3) is 0 Å². The van der Waals surface area contributed by atoms with Crippen molar-refractivity contribution in [3.63, 3.8) is 0 Å². The number of hydrogen-bond acceptors (Lipinski definition) is 5. The fraction of sp³-hybridized carbons (Fsp3) is 0.500. The van der Waals surface area contributed by atoms with Crippen LogP contribution in [0, 0.1) is 0 Å². The second kappa shape index (κ2) is 13.4. The van der Waals surface area contributed by atoms with E-state index < -0.39 is 0 Å². The molecular formula is C20H30ClIN4O2S. The van der Waals surface area contributed by atoms with Gasteiger partial charge in [0, 0.05) is 38.2 Å². The molecule has 1 aromatic heterocycles. The van der Waals surface area contributed by atoms with Crippen molar-refractivity contribution in [3.05, 3.63) is 50.9 Å². The molecule has 2 rings (SSSR count). The maximum absolute atomic E-state index is 6.11. The fourth-order valence-electron chi connectivity index (χ4n) is 2.66. The molecule has 1 aromatic carbocycles. The average molecular weight is 553 g/mol. The lowest BCUT2D eigenvalue weighted by Crippen LogP contribution is -2.39. The van der Waals surface area contributed by atoms with Crippen LogP contribution >= 0.6 is 46.9 Å². The third-order valence-electron chi connectivity index (χ3n) is 4.28. The van der Waals surface area contributed by atoms with E-state index in [9.17, 15) is 0 Å². The van der Waals surface area contributed by atoms with Crippen molar-refractivity contribution in [1.29, 1.82) is 0 Å². The molecule has 0 saturated carbocycles. The lowest BCUT2D eigenvalue weighted by atomic mass is 10.1. The first-order chi connectivity index (χ1) is 13.5. The van der Waals surface area contributed by atoms with Gasteiger partial charge in [-0.1, -0.05) is 23.7 Å². The van der Waals surface area contributed by atoms with E-state index in [1.807, 2.05) is 38.2 Å². The van der Waals surface area contributed by atoms with Gasteiger partial charge in [0.15, 0.2) is 5.96 Å². The Morgan fingerprint density at radius 2 is 2.10 bits per heavy atom. The Morgan fingerprint density at radius 3 is 2.72 bits per heavy atom. The maximum atomic E-state index is 6.11. The van der Waals surface area contributed by atoms with Crippen molar-refractivity contribution >= 4 is 52.9 Å². The predicted octanol–water partition coefficient (Wildman–Crippen LogP) is 4.91. The molecule has 0 radical (unpaired) electrons. The summed E-state index contributed by atoms with van der Waals surface area (Å²) >= 11 is 7.72. The van der Waals surface area contributed by atoms with Gasteiger partial charge in [0.1, 0.15) is 17.2 Å². The summed E-state index contributed by atoms with van der Waals surface area (Å²) < 4.78 is 11.0. The number of hydrogen-bond donors (Lipinski definition) is 1. The molecule has 9 heteroatoms. The highest BCUT2D eigenvalue weighted by Crippen LogP contribution is 2.22. The van der Waals surface area contributed by atoms with Gasteiger partial charge in [-0.2, -0.15) is 0 Å². The Morgan fingerprint density at radius 1 is 1.34 bits per heavy atom. The molecule has 162 valence electrons. The van der Waals surface area contributed by atoms with Crippen LogP contribution in [0.25, 0.3) is 0 Å². The number of guanidine groups is 1. The quantitative estimate of drug-likeness (QED) is 0.272. The summed E-state index contributed by atoms with van der Waals surface area (Å²) in [6, 6.07) is 7.69. The van der Waals surface area contributed by atoms with Gasteiger partial charge in [0.05, 0.1) is 18.8 Å². The molecule has 2 atom stereocenters. The summed E-state index contributed by atoms with van der Waals surface area (Å²) in [5.74, 6) is 0.806. The summed E-state index contributed by atoms with van der Waals surface area (Å²) in [6.45, 7) is 5.98. The summed E-state index contributed by atoms with van der Waals surface area (Å²) in [5.41, 5.74) is 2.00. The van der Waals surface area contributed by atoms with Crippen LogP contribution in [-0.2, 0) is 16.0 Å². The van der Waals surface area contributed by atoms with Crippen LogP contribution in [0.3, 0.4) is 0 Å². The van der Waals surface area contributed by atoms with Gasteiger partial charge in [-0.05, 0) is 31.5 Å². The number of aromatic nitrogens is 1. The minimum atomic E-state index is -0.158. The maximum Gasteiger partial charge on any atom is 0.194 e. The number of thiazole rings is 1. The zero-order chi connectivity index (χ0) is 20.5. The van der Waals surface area contributed by atoms with Crippen molar-refractivity contribution in [2.45, 2.75) is 32.6 Å². The smallest absolute Gasteiger partial charge is 0.194 e.